The van der Waals surface area contributed by atoms with Crippen molar-refractivity contribution >= 4 is 65.9 Å². The molecule has 25 heavy (non-hydrogen) atoms. The number of anilines is 1. The Hall–Kier alpha value is -1.96. The van der Waals surface area contributed by atoms with Crippen molar-refractivity contribution in [3.05, 3.63) is 48.5 Å². The summed E-state index contributed by atoms with van der Waals surface area (Å²) in [5.41, 5.74) is 1.89. The summed E-state index contributed by atoms with van der Waals surface area (Å²) in [4.78, 5) is 21.7. The molecule has 0 bridgehead atoms. The lowest BCUT2D eigenvalue weighted by molar-refractivity contribution is -0.115. The highest BCUT2D eigenvalue weighted by Crippen LogP contribution is 2.34. The molecule has 0 fully saturated rings. The number of nitrogens with zero attached hydrogens (tertiary/aromatic N) is 2. The Kier molecular flexibility index (Phi) is 4.70. The zero-order chi connectivity index (χ0) is 17.2. The van der Waals surface area contributed by atoms with Gasteiger partial charge in [-0.1, -0.05) is 54.3 Å². The number of hydrogen-bond acceptors (Lipinski definition) is 6. The van der Waals surface area contributed by atoms with Crippen LogP contribution in [-0.4, -0.2) is 21.1 Å². The van der Waals surface area contributed by atoms with E-state index >= 15 is 0 Å². The van der Waals surface area contributed by atoms with E-state index in [-0.39, 0.29) is 11.2 Å². The molecule has 0 radical (unpaired) electrons. The lowest BCUT2D eigenvalue weighted by Crippen LogP contribution is -2.24. The number of rotatable bonds is 5. The molecular weight excluding hydrogens is 370 g/mol. The number of hydrogen-bond donors (Lipinski definition) is 1. The van der Waals surface area contributed by atoms with Gasteiger partial charge in [-0.25, -0.2) is 9.97 Å². The van der Waals surface area contributed by atoms with E-state index in [2.05, 4.69) is 21.4 Å². The van der Waals surface area contributed by atoms with E-state index < -0.39 is 0 Å². The van der Waals surface area contributed by atoms with E-state index in [0.29, 0.717) is 5.13 Å². The Bertz CT molecular complexity index is 974. The van der Waals surface area contributed by atoms with Crippen molar-refractivity contribution in [1.29, 1.82) is 0 Å². The highest BCUT2D eigenvalue weighted by Gasteiger charge is 2.21. The van der Waals surface area contributed by atoms with Gasteiger partial charge in [-0.05, 0) is 30.7 Å². The van der Waals surface area contributed by atoms with Gasteiger partial charge in [0.15, 0.2) is 9.47 Å². The lowest BCUT2D eigenvalue weighted by Gasteiger charge is -2.11. The Balaban J connectivity index is 1.50. The maximum absolute atomic E-state index is 12.7. The zero-order valence-electron chi connectivity index (χ0n) is 13.4. The number of thiazole rings is 2. The standard InChI is InChI=1S/C18H15N3OS3/c1-2-13(24-18-20-12-8-4-6-10-15(12)25-18)16(22)21-17-19-11-7-3-5-9-14(11)23-17/h3-10,13H,2H2,1H3,(H,19,21,22)/t13-/m0/s1. The smallest absolute Gasteiger partial charge is 0.239 e. The highest BCUT2D eigenvalue weighted by molar-refractivity contribution is 8.02. The minimum atomic E-state index is -0.187. The number of fused-ring (bicyclic) bond motifs is 2. The molecule has 1 amide bonds. The summed E-state index contributed by atoms with van der Waals surface area (Å²) in [7, 11) is 0. The number of aromatic nitrogens is 2. The lowest BCUT2D eigenvalue weighted by atomic mass is 10.3. The molecule has 2 aromatic heterocycles. The normalized spacial score (nSPS) is 12.5. The molecule has 7 heteroatoms. The first kappa shape index (κ1) is 16.5. The Morgan fingerprint density at radius 2 is 1.68 bits per heavy atom. The summed E-state index contributed by atoms with van der Waals surface area (Å²) >= 11 is 4.65. The number of nitrogens with one attached hydrogen (secondary N) is 1. The summed E-state index contributed by atoms with van der Waals surface area (Å²) in [5, 5.41) is 3.42. The van der Waals surface area contributed by atoms with Gasteiger partial charge in [0.05, 0.1) is 25.7 Å². The maximum atomic E-state index is 12.7. The van der Waals surface area contributed by atoms with Gasteiger partial charge in [-0.3, -0.25) is 4.79 Å². The summed E-state index contributed by atoms with van der Waals surface area (Å²) in [6, 6.07) is 15.9. The van der Waals surface area contributed by atoms with Gasteiger partial charge in [0.1, 0.15) is 0 Å². The van der Waals surface area contributed by atoms with Gasteiger partial charge >= 0.3 is 0 Å². The Morgan fingerprint density at radius 1 is 1.04 bits per heavy atom. The van der Waals surface area contributed by atoms with E-state index in [1.165, 1.54) is 23.1 Å². The predicted molar refractivity (Wildman–Crippen MR) is 108 cm³/mol. The molecule has 4 nitrogen and oxygen atoms in total. The number of thioether (sulfide) groups is 1. The van der Waals surface area contributed by atoms with Crippen molar-refractivity contribution in [2.75, 3.05) is 5.32 Å². The number of benzene rings is 2. The molecule has 4 aromatic rings. The molecule has 0 aliphatic heterocycles. The quantitative estimate of drug-likeness (QED) is 0.466. The van der Waals surface area contributed by atoms with Crippen molar-refractivity contribution in [3.8, 4) is 0 Å². The van der Waals surface area contributed by atoms with Crippen molar-refractivity contribution in [2.24, 2.45) is 0 Å². The number of carbonyl (C=O) groups excluding carboxylic acids is 1. The molecule has 0 saturated heterocycles. The second kappa shape index (κ2) is 7.11. The van der Waals surface area contributed by atoms with Crippen LogP contribution in [0.4, 0.5) is 5.13 Å². The first-order valence-corrected chi connectivity index (χ1v) is 10.4. The number of para-hydroxylation sites is 2. The van der Waals surface area contributed by atoms with Crippen LogP contribution in [0.5, 0.6) is 0 Å². The van der Waals surface area contributed by atoms with Crippen LogP contribution < -0.4 is 5.32 Å². The van der Waals surface area contributed by atoms with Crippen molar-refractivity contribution in [1.82, 2.24) is 9.97 Å². The topological polar surface area (TPSA) is 54.9 Å². The van der Waals surface area contributed by atoms with Crippen molar-refractivity contribution in [2.45, 2.75) is 22.9 Å². The molecule has 2 heterocycles. The van der Waals surface area contributed by atoms with Crippen LogP contribution >= 0.6 is 34.4 Å². The fourth-order valence-electron chi connectivity index (χ4n) is 2.46. The van der Waals surface area contributed by atoms with Crippen LogP contribution in [-0.2, 0) is 4.79 Å². The third-order valence-electron chi connectivity index (χ3n) is 3.70. The Morgan fingerprint density at radius 3 is 2.32 bits per heavy atom. The Labute approximate surface area is 157 Å². The largest absolute Gasteiger partial charge is 0.301 e. The molecule has 1 N–H and O–H groups in total. The minimum absolute atomic E-state index is 0.0224. The van der Waals surface area contributed by atoms with Crippen LogP contribution in [0, 0.1) is 0 Å². The monoisotopic (exact) mass is 385 g/mol. The second-order valence-electron chi connectivity index (χ2n) is 5.44. The third-order valence-corrected chi connectivity index (χ3v) is 7.15. The molecule has 0 spiro atoms. The summed E-state index contributed by atoms with van der Waals surface area (Å²) in [6.45, 7) is 2.02. The third kappa shape index (κ3) is 3.53. The van der Waals surface area contributed by atoms with Crippen LogP contribution in [0.2, 0.25) is 0 Å². The van der Waals surface area contributed by atoms with Crippen LogP contribution in [0.3, 0.4) is 0 Å². The number of carbonyl (C=O) groups is 1. The fourth-order valence-corrected chi connectivity index (χ4v) is 5.56. The first-order chi connectivity index (χ1) is 12.2. The van der Waals surface area contributed by atoms with Crippen LogP contribution in [0.1, 0.15) is 13.3 Å². The summed E-state index contributed by atoms with van der Waals surface area (Å²) in [5.74, 6) is -0.0224. The first-order valence-electron chi connectivity index (χ1n) is 7.91. The molecule has 4 rings (SSSR count). The van der Waals surface area contributed by atoms with Gasteiger partial charge in [-0.15, -0.1) is 11.3 Å². The van der Waals surface area contributed by atoms with Crippen molar-refractivity contribution in [3.63, 3.8) is 0 Å². The van der Waals surface area contributed by atoms with Gasteiger partial charge in [0.2, 0.25) is 5.91 Å². The van der Waals surface area contributed by atoms with E-state index in [0.717, 1.165) is 31.2 Å². The van der Waals surface area contributed by atoms with Gasteiger partial charge in [0.25, 0.3) is 0 Å². The molecule has 126 valence electrons. The molecule has 0 aliphatic rings. The molecule has 0 aliphatic carbocycles. The van der Waals surface area contributed by atoms with Crippen LogP contribution in [0.25, 0.3) is 20.4 Å². The van der Waals surface area contributed by atoms with Crippen LogP contribution in [0.15, 0.2) is 52.9 Å². The molecule has 2 aromatic carbocycles. The summed E-state index contributed by atoms with van der Waals surface area (Å²) < 4.78 is 3.14. The highest BCUT2D eigenvalue weighted by atomic mass is 32.2. The average Bonchev–Trinajstić information content (AvgIpc) is 3.21. The zero-order valence-corrected chi connectivity index (χ0v) is 15.9. The average molecular weight is 386 g/mol. The second-order valence-corrected chi connectivity index (χ2v) is 8.95. The minimum Gasteiger partial charge on any atom is -0.301 e. The fraction of sp³-hybridized carbons (Fsp3) is 0.167. The maximum Gasteiger partial charge on any atom is 0.239 e. The van der Waals surface area contributed by atoms with E-state index in [9.17, 15) is 4.79 Å². The van der Waals surface area contributed by atoms with Crippen molar-refractivity contribution < 1.29 is 4.79 Å². The molecule has 0 saturated carbocycles. The predicted octanol–water partition coefficient (Wildman–Crippen LogP) is 5.42. The number of amides is 1. The molecule has 1 atom stereocenters. The van der Waals surface area contributed by atoms with Gasteiger partial charge in [-0.2, -0.15) is 0 Å². The van der Waals surface area contributed by atoms with E-state index in [1.54, 1.807) is 11.3 Å². The molecule has 0 unspecified atom stereocenters. The molecular formula is C18H15N3OS3. The van der Waals surface area contributed by atoms with E-state index in [1.807, 2.05) is 49.4 Å². The van der Waals surface area contributed by atoms with E-state index in [4.69, 9.17) is 0 Å². The van der Waals surface area contributed by atoms with Gasteiger partial charge < -0.3 is 5.32 Å². The van der Waals surface area contributed by atoms with Gasteiger partial charge in [0, 0.05) is 0 Å². The SMILES string of the molecule is CC[C@H](Sc1nc2ccccc2s1)C(=O)Nc1nc2ccccc2s1. The summed E-state index contributed by atoms with van der Waals surface area (Å²) in [6.07, 6.45) is 0.733.